The molecule has 0 aliphatic rings. The number of halogens is 1. The van der Waals surface area contributed by atoms with Crippen molar-refractivity contribution in [1.82, 2.24) is 0 Å². The Morgan fingerprint density at radius 3 is 2.44 bits per heavy atom. The normalized spacial score (nSPS) is 10.1. The SMILES string of the molecule is Nc1ccc(Br)c(Oc2ccccc2)c1[N+](=O)[O-]. The van der Waals surface area contributed by atoms with Gasteiger partial charge in [0.15, 0.2) is 0 Å². The number of rotatable bonds is 3. The molecule has 0 aliphatic heterocycles. The maximum Gasteiger partial charge on any atom is 0.335 e. The molecule has 2 N–H and O–H groups in total. The van der Waals surface area contributed by atoms with Gasteiger partial charge >= 0.3 is 5.69 Å². The van der Waals surface area contributed by atoms with E-state index in [1.165, 1.54) is 6.07 Å². The van der Waals surface area contributed by atoms with Gasteiger partial charge in [-0.15, -0.1) is 0 Å². The molecule has 5 nitrogen and oxygen atoms in total. The molecular formula is C12H9BrN2O3. The number of benzene rings is 2. The average Bonchev–Trinajstić information content (AvgIpc) is 2.35. The third-order valence-electron chi connectivity index (χ3n) is 2.26. The van der Waals surface area contributed by atoms with Gasteiger partial charge in [-0.1, -0.05) is 18.2 Å². The summed E-state index contributed by atoms with van der Waals surface area (Å²) < 4.78 is 5.99. The van der Waals surface area contributed by atoms with Crippen molar-refractivity contribution in [2.45, 2.75) is 0 Å². The molecule has 0 unspecified atom stereocenters. The molecule has 0 saturated heterocycles. The summed E-state index contributed by atoms with van der Waals surface area (Å²) in [7, 11) is 0. The topological polar surface area (TPSA) is 78.4 Å². The standard InChI is InChI=1S/C12H9BrN2O3/c13-9-6-7-10(14)11(15(16)17)12(9)18-8-4-2-1-3-5-8/h1-7H,14H2. The lowest BCUT2D eigenvalue weighted by Gasteiger charge is -2.09. The lowest BCUT2D eigenvalue weighted by atomic mass is 10.2. The van der Waals surface area contributed by atoms with Gasteiger partial charge in [-0.05, 0) is 40.2 Å². The first-order valence-corrected chi connectivity index (χ1v) is 5.84. The summed E-state index contributed by atoms with van der Waals surface area (Å²) in [5, 5.41) is 11.0. The molecular weight excluding hydrogens is 300 g/mol. The van der Waals surface area contributed by atoms with Gasteiger partial charge in [0.05, 0.1) is 9.40 Å². The number of ether oxygens (including phenoxy) is 1. The molecule has 0 atom stereocenters. The Morgan fingerprint density at radius 1 is 1.17 bits per heavy atom. The fraction of sp³-hybridized carbons (Fsp3) is 0. The fourth-order valence-corrected chi connectivity index (χ4v) is 1.85. The minimum Gasteiger partial charge on any atom is -0.449 e. The monoisotopic (exact) mass is 308 g/mol. The van der Waals surface area contributed by atoms with Gasteiger partial charge < -0.3 is 10.5 Å². The number of hydrogen-bond donors (Lipinski definition) is 1. The van der Waals surface area contributed by atoms with E-state index in [2.05, 4.69) is 15.9 Å². The van der Waals surface area contributed by atoms with Gasteiger partial charge in [-0.2, -0.15) is 0 Å². The molecule has 2 aromatic carbocycles. The van der Waals surface area contributed by atoms with Crippen molar-refractivity contribution in [3.8, 4) is 11.5 Å². The Bertz CT molecular complexity index is 587. The van der Waals surface area contributed by atoms with Gasteiger partial charge in [0.25, 0.3) is 0 Å². The fourth-order valence-electron chi connectivity index (χ4n) is 1.45. The second kappa shape index (κ2) is 5.05. The summed E-state index contributed by atoms with van der Waals surface area (Å²) in [5.41, 5.74) is 5.42. The Balaban J connectivity index is 2.50. The number of nitrogens with two attached hydrogens (primary N) is 1. The van der Waals surface area contributed by atoms with Crippen LogP contribution in [0.5, 0.6) is 11.5 Å². The van der Waals surface area contributed by atoms with Gasteiger partial charge in [-0.3, -0.25) is 10.1 Å². The van der Waals surface area contributed by atoms with Gasteiger partial charge in [0.2, 0.25) is 5.75 Å². The minimum atomic E-state index is -0.557. The summed E-state index contributed by atoms with van der Waals surface area (Å²) in [6, 6.07) is 11.9. The van der Waals surface area contributed by atoms with Crippen molar-refractivity contribution in [2.24, 2.45) is 0 Å². The second-order valence-electron chi connectivity index (χ2n) is 3.49. The zero-order valence-corrected chi connectivity index (χ0v) is 10.8. The Hall–Kier alpha value is -2.08. The summed E-state index contributed by atoms with van der Waals surface area (Å²) in [4.78, 5) is 10.5. The molecule has 6 heteroatoms. The van der Waals surface area contributed by atoms with Crippen molar-refractivity contribution >= 4 is 27.3 Å². The highest BCUT2D eigenvalue weighted by atomic mass is 79.9. The third kappa shape index (κ3) is 2.43. The van der Waals surface area contributed by atoms with Crippen LogP contribution in [0.2, 0.25) is 0 Å². The molecule has 0 bridgehead atoms. The number of hydrogen-bond acceptors (Lipinski definition) is 4. The van der Waals surface area contributed by atoms with E-state index in [-0.39, 0.29) is 17.1 Å². The van der Waals surface area contributed by atoms with Crippen molar-refractivity contribution in [2.75, 3.05) is 5.73 Å². The number of anilines is 1. The number of para-hydroxylation sites is 1. The van der Waals surface area contributed by atoms with E-state index in [4.69, 9.17) is 10.5 Å². The molecule has 18 heavy (non-hydrogen) atoms. The molecule has 2 aromatic rings. The highest BCUT2D eigenvalue weighted by molar-refractivity contribution is 9.10. The maximum atomic E-state index is 11.0. The molecule has 0 radical (unpaired) electrons. The second-order valence-corrected chi connectivity index (χ2v) is 4.34. The Kier molecular flexibility index (Phi) is 3.47. The van der Waals surface area contributed by atoms with Gasteiger partial charge in [0, 0.05) is 0 Å². The van der Waals surface area contributed by atoms with Crippen molar-refractivity contribution < 1.29 is 9.66 Å². The lowest BCUT2D eigenvalue weighted by molar-refractivity contribution is -0.384. The summed E-state index contributed by atoms with van der Waals surface area (Å²) >= 11 is 3.22. The zero-order chi connectivity index (χ0) is 13.1. The van der Waals surface area contributed by atoms with Crippen molar-refractivity contribution in [3.05, 3.63) is 57.1 Å². The molecule has 0 saturated carbocycles. The summed E-state index contributed by atoms with van der Waals surface area (Å²) in [6.45, 7) is 0. The highest BCUT2D eigenvalue weighted by Crippen LogP contribution is 2.41. The van der Waals surface area contributed by atoms with Crippen LogP contribution in [0, 0.1) is 10.1 Å². The molecule has 2 rings (SSSR count). The maximum absolute atomic E-state index is 11.0. The minimum absolute atomic E-state index is 0.0640. The van der Waals surface area contributed by atoms with Gasteiger partial charge in [-0.25, -0.2) is 0 Å². The van der Waals surface area contributed by atoms with E-state index in [1.807, 2.05) is 6.07 Å². The van der Waals surface area contributed by atoms with E-state index < -0.39 is 4.92 Å². The van der Waals surface area contributed by atoms with Crippen LogP contribution in [0.1, 0.15) is 0 Å². The molecule has 92 valence electrons. The number of nitro groups is 1. The Morgan fingerprint density at radius 2 is 1.83 bits per heavy atom. The first-order valence-electron chi connectivity index (χ1n) is 5.05. The van der Waals surface area contributed by atoms with Gasteiger partial charge in [0.1, 0.15) is 11.4 Å². The zero-order valence-electron chi connectivity index (χ0n) is 9.17. The summed E-state index contributed by atoms with van der Waals surface area (Å²) in [6.07, 6.45) is 0. The van der Waals surface area contributed by atoms with E-state index in [9.17, 15) is 10.1 Å². The predicted octanol–water partition coefficient (Wildman–Crippen LogP) is 3.73. The molecule has 0 aromatic heterocycles. The van der Waals surface area contributed by atoms with Crippen LogP contribution < -0.4 is 10.5 Å². The van der Waals surface area contributed by atoms with Crippen LogP contribution in [0.3, 0.4) is 0 Å². The van der Waals surface area contributed by atoms with Crippen LogP contribution in [0.25, 0.3) is 0 Å². The van der Waals surface area contributed by atoms with E-state index in [0.717, 1.165) is 0 Å². The Labute approximate surface area is 111 Å². The molecule has 0 fully saturated rings. The molecule has 0 heterocycles. The van der Waals surface area contributed by atoms with Crippen LogP contribution in [-0.2, 0) is 0 Å². The average molecular weight is 309 g/mol. The van der Waals surface area contributed by atoms with E-state index >= 15 is 0 Å². The van der Waals surface area contributed by atoms with E-state index in [0.29, 0.717) is 10.2 Å². The molecule has 0 aliphatic carbocycles. The summed E-state index contributed by atoms with van der Waals surface area (Å²) in [5.74, 6) is 0.609. The number of nitro benzene ring substituents is 1. The van der Waals surface area contributed by atoms with Crippen molar-refractivity contribution in [3.63, 3.8) is 0 Å². The van der Waals surface area contributed by atoms with Crippen LogP contribution in [-0.4, -0.2) is 4.92 Å². The number of nitrogens with zero attached hydrogens (tertiary/aromatic N) is 1. The van der Waals surface area contributed by atoms with E-state index in [1.54, 1.807) is 30.3 Å². The molecule has 0 spiro atoms. The number of nitrogen functional groups attached to an aromatic ring is 1. The van der Waals surface area contributed by atoms with Crippen LogP contribution in [0.15, 0.2) is 46.9 Å². The first kappa shape index (κ1) is 12.4. The quantitative estimate of drug-likeness (QED) is 0.532. The predicted molar refractivity (Wildman–Crippen MR) is 71.7 cm³/mol. The first-order chi connectivity index (χ1) is 8.59. The smallest absolute Gasteiger partial charge is 0.335 e. The highest BCUT2D eigenvalue weighted by Gasteiger charge is 2.23. The largest absolute Gasteiger partial charge is 0.449 e. The van der Waals surface area contributed by atoms with Crippen molar-refractivity contribution in [1.29, 1.82) is 0 Å². The third-order valence-corrected chi connectivity index (χ3v) is 2.88. The van der Waals surface area contributed by atoms with Crippen LogP contribution >= 0.6 is 15.9 Å². The van der Waals surface area contributed by atoms with Crippen LogP contribution in [0.4, 0.5) is 11.4 Å². The lowest BCUT2D eigenvalue weighted by Crippen LogP contribution is -1.99. The molecule has 0 amide bonds.